The van der Waals surface area contributed by atoms with E-state index in [1.807, 2.05) is 0 Å². The fourth-order valence-electron chi connectivity index (χ4n) is 0.545. The van der Waals surface area contributed by atoms with Gasteiger partial charge in [-0.1, -0.05) is 13.8 Å². The van der Waals surface area contributed by atoms with E-state index in [0.29, 0.717) is 0 Å². The first-order chi connectivity index (χ1) is 4.09. The summed E-state index contributed by atoms with van der Waals surface area (Å²) in [5.41, 5.74) is 0. The van der Waals surface area contributed by atoms with Gasteiger partial charge in [-0.3, -0.25) is 0 Å². The standard InChI is InChI=1S/C6H13FO2/c1-4(2)6(7)5(9)3-8/h4-6,8-9H,3H2,1-2H3/t5-,6+/m1/s1. The summed E-state index contributed by atoms with van der Waals surface area (Å²) in [5, 5.41) is 16.9. The van der Waals surface area contributed by atoms with Crippen molar-refractivity contribution in [2.24, 2.45) is 5.92 Å². The van der Waals surface area contributed by atoms with Crippen molar-refractivity contribution in [3.8, 4) is 0 Å². The van der Waals surface area contributed by atoms with Gasteiger partial charge in [0.25, 0.3) is 0 Å². The van der Waals surface area contributed by atoms with Crippen LogP contribution in [0.5, 0.6) is 0 Å². The third kappa shape index (κ3) is 2.77. The predicted molar refractivity (Wildman–Crippen MR) is 32.8 cm³/mol. The smallest absolute Gasteiger partial charge is 0.130 e. The lowest BCUT2D eigenvalue weighted by Gasteiger charge is -2.15. The van der Waals surface area contributed by atoms with E-state index in [4.69, 9.17) is 10.2 Å². The molecule has 0 aliphatic rings. The summed E-state index contributed by atoms with van der Waals surface area (Å²) >= 11 is 0. The minimum absolute atomic E-state index is 0.229. The molecule has 0 aliphatic heterocycles. The molecule has 0 saturated carbocycles. The van der Waals surface area contributed by atoms with Crippen LogP contribution in [0.15, 0.2) is 0 Å². The average Bonchev–Trinajstić information content (AvgIpc) is 1.84. The maximum Gasteiger partial charge on any atom is 0.130 e. The number of hydrogen-bond donors (Lipinski definition) is 2. The van der Waals surface area contributed by atoms with Crippen LogP contribution in [-0.2, 0) is 0 Å². The summed E-state index contributed by atoms with van der Waals surface area (Å²) in [5.74, 6) is -0.229. The van der Waals surface area contributed by atoms with E-state index in [2.05, 4.69) is 0 Å². The Morgan fingerprint density at radius 3 is 2.00 bits per heavy atom. The second-order valence-corrected chi connectivity index (χ2v) is 2.44. The van der Waals surface area contributed by atoms with Crippen LogP contribution < -0.4 is 0 Å². The maximum absolute atomic E-state index is 12.5. The van der Waals surface area contributed by atoms with Crippen molar-refractivity contribution in [1.82, 2.24) is 0 Å². The van der Waals surface area contributed by atoms with Crippen molar-refractivity contribution in [3.63, 3.8) is 0 Å². The molecule has 56 valence electrons. The van der Waals surface area contributed by atoms with Crippen LogP contribution in [0.2, 0.25) is 0 Å². The second-order valence-electron chi connectivity index (χ2n) is 2.44. The van der Waals surface area contributed by atoms with Crippen LogP contribution in [0.25, 0.3) is 0 Å². The van der Waals surface area contributed by atoms with Crippen molar-refractivity contribution in [3.05, 3.63) is 0 Å². The van der Waals surface area contributed by atoms with Crippen LogP contribution in [0.3, 0.4) is 0 Å². The normalized spacial score (nSPS) is 18.0. The number of alkyl halides is 1. The minimum Gasteiger partial charge on any atom is -0.394 e. The second kappa shape index (κ2) is 3.80. The van der Waals surface area contributed by atoms with Gasteiger partial charge in [-0.15, -0.1) is 0 Å². The van der Waals surface area contributed by atoms with Crippen LogP contribution in [-0.4, -0.2) is 29.1 Å². The summed E-state index contributed by atoms with van der Waals surface area (Å²) in [4.78, 5) is 0. The molecule has 0 unspecified atom stereocenters. The Labute approximate surface area is 54.3 Å². The maximum atomic E-state index is 12.5. The van der Waals surface area contributed by atoms with E-state index in [0.717, 1.165) is 0 Å². The Kier molecular flexibility index (Phi) is 3.73. The summed E-state index contributed by atoms with van der Waals surface area (Å²) in [6.07, 6.45) is -2.53. The molecule has 0 radical (unpaired) electrons. The van der Waals surface area contributed by atoms with Crippen LogP contribution in [0.4, 0.5) is 4.39 Å². The molecule has 0 aliphatic carbocycles. The molecule has 0 saturated heterocycles. The monoisotopic (exact) mass is 136 g/mol. The first-order valence-corrected chi connectivity index (χ1v) is 3.02. The average molecular weight is 136 g/mol. The van der Waals surface area contributed by atoms with Gasteiger partial charge in [0, 0.05) is 0 Å². The van der Waals surface area contributed by atoms with Gasteiger partial charge in [0.15, 0.2) is 0 Å². The highest BCUT2D eigenvalue weighted by molar-refractivity contribution is 4.68. The Hall–Kier alpha value is -0.150. The first kappa shape index (κ1) is 8.85. The zero-order valence-corrected chi connectivity index (χ0v) is 5.71. The Morgan fingerprint density at radius 2 is 1.89 bits per heavy atom. The van der Waals surface area contributed by atoms with Gasteiger partial charge < -0.3 is 10.2 Å². The molecule has 0 aromatic rings. The molecule has 0 aromatic carbocycles. The third-order valence-electron chi connectivity index (χ3n) is 1.19. The summed E-state index contributed by atoms with van der Waals surface area (Å²) in [6.45, 7) is 2.81. The first-order valence-electron chi connectivity index (χ1n) is 3.02. The summed E-state index contributed by atoms with van der Waals surface area (Å²) in [7, 11) is 0. The van der Waals surface area contributed by atoms with Crippen LogP contribution >= 0.6 is 0 Å². The molecule has 2 nitrogen and oxygen atoms in total. The van der Waals surface area contributed by atoms with Gasteiger partial charge in [0.1, 0.15) is 12.3 Å². The Morgan fingerprint density at radius 1 is 1.44 bits per heavy atom. The van der Waals surface area contributed by atoms with Crippen LogP contribution in [0, 0.1) is 5.92 Å². The van der Waals surface area contributed by atoms with E-state index in [1.165, 1.54) is 0 Å². The Balaban J connectivity index is 3.58. The van der Waals surface area contributed by atoms with Crippen molar-refractivity contribution >= 4 is 0 Å². The van der Waals surface area contributed by atoms with E-state index < -0.39 is 18.9 Å². The quantitative estimate of drug-likeness (QED) is 0.587. The third-order valence-corrected chi connectivity index (χ3v) is 1.19. The lowest BCUT2D eigenvalue weighted by atomic mass is 10.0. The molecule has 0 aromatic heterocycles. The molecule has 2 N–H and O–H groups in total. The van der Waals surface area contributed by atoms with Gasteiger partial charge in [-0.05, 0) is 5.92 Å². The minimum atomic E-state index is -1.31. The molecule has 2 atom stereocenters. The van der Waals surface area contributed by atoms with E-state index >= 15 is 0 Å². The van der Waals surface area contributed by atoms with Crippen molar-refractivity contribution in [2.75, 3.05) is 6.61 Å². The fourth-order valence-corrected chi connectivity index (χ4v) is 0.545. The zero-order chi connectivity index (χ0) is 7.44. The topological polar surface area (TPSA) is 40.5 Å². The number of aliphatic hydroxyl groups is 2. The predicted octanol–water partition coefficient (Wildman–Crippen LogP) is 0.334. The molecule has 0 spiro atoms. The summed E-state index contributed by atoms with van der Waals surface area (Å²) < 4.78 is 12.5. The molecule has 0 rings (SSSR count). The fraction of sp³-hybridized carbons (Fsp3) is 1.00. The largest absolute Gasteiger partial charge is 0.394 e. The van der Waals surface area contributed by atoms with Crippen LogP contribution in [0.1, 0.15) is 13.8 Å². The Bertz CT molecular complexity index is 75.5. The number of aliphatic hydroxyl groups excluding tert-OH is 2. The van der Waals surface area contributed by atoms with Gasteiger partial charge in [-0.2, -0.15) is 0 Å². The lowest BCUT2D eigenvalue weighted by Crippen LogP contribution is -2.29. The number of rotatable bonds is 3. The zero-order valence-electron chi connectivity index (χ0n) is 5.71. The lowest BCUT2D eigenvalue weighted by molar-refractivity contribution is 0.00954. The highest BCUT2D eigenvalue weighted by Crippen LogP contribution is 2.09. The van der Waals surface area contributed by atoms with Crippen molar-refractivity contribution in [2.45, 2.75) is 26.1 Å². The highest BCUT2D eigenvalue weighted by Gasteiger charge is 2.20. The van der Waals surface area contributed by atoms with Crippen molar-refractivity contribution in [1.29, 1.82) is 0 Å². The molecule has 0 heterocycles. The van der Waals surface area contributed by atoms with E-state index in [-0.39, 0.29) is 5.92 Å². The molecule has 9 heavy (non-hydrogen) atoms. The van der Waals surface area contributed by atoms with Gasteiger partial charge in [0.05, 0.1) is 6.61 Å². The molecular formula is C6H13FO2. The van der Waals surface area contributed by atoms with E-state index in [9.17, 15) is 4.39 Å². The van der Waals surface area contributed by atoms with Crippen molar-refractivity contribution < 1.29 is 14.6 Å². The van der Waals surface area contributed by atoms with Gasteiger partial charge in [0.2, 0.25) is 0 Å². The summed E-state index contributed by atoms with van der Waals surface area (Å²) in [6, 6.07) is 0. The molecule has 3 heteroatoms. The molecular weight excluding hydrogens is 123 g/mol. The van der Waals surface area contributed by atoms with Gasteiger partial charge >= 0.3 is 0 Å². The molecule has 0 amide bonds. The SMILES string of the molecule is CC(C)[C@H](F)[C@H](O)CO. The van der Waals surface area contributed by atoms with Gasteiger partial charge in [-0.25, -0.2) is 4.39 Å². The van der Waals surface area contributed by atoms with E-state index in [1.54, 1.807) is 13.8 Å². The molecule has 0 bridgehead atoms. The number of halogens is 1. The molecule has 0 fully saturated rings. The highest BCUT2D eigenvalue weighted by atomic mass is 19.1. The number of hydrogen-bond acceptors (Lipinski definition) is 2.